The lowest BCUT2D eigenvalue weighted by Crippen LogP contribution is -2.67. The van der Waals surface area contributed by atoms with Crippen molar-refractivity contribution in [2.24, 2.45) is 17.8 Å². The molecule has 4 unspecified atom stereocenters. The number of imide groups is 1. The standard InChI is InChI=1S/C15H24N4O3/c1-8(2)11-4-3-5-19(11)14(21)9-6-10-12(16-7-9)17-15(22)18-13(10)20/h8-12,16H,3-7H2,1-2H3,(H2,17,18,20,22). The molecule has 3 saturated heterocycles. The lowest BCUT2D eigenvalue weighted by Gasteiger charge is -2.40. The summed E-state index contributed by atoms with van der Waals surface area (Å²) in [6.07, 6.45) is 2.25. The van der Waals surface area contributed by atoms with Gasteiger partial charge in [0.2, 0.25) is 11.8 Å². The van der Waals surface area contributed by atoms with Gasteiger partial charge in [-0.2, -0.15) is 0 Å². The predicted molar refractivity (Wildman–Crippen MR) is 79.6 cm³/mol. The van der Waals surface area contributed by atoms with E-state index < -0.39 is 6.03 Å². The highest BCUT2D eigenvalue weighted by Gasteiger charge is 2.44. The van der Waals surface area contributed by atoms with Crippen molar-refractivity contribution >= 4 is 17.8 Å². The molecule has 0 aromatic rings. The minimum absolute atomic E-state index is 0.145. The van der Waals surface area contributed by atoms with E-state index in [0.29, 0.717) is 24.9 Å². The van der Waals surface area contributed by atoms with E-state index in [1.54, 1.807) is 0 Å². The van der Waals surface area contributed by atoms with Crippen molar-refractivity contribution in [2.45, 2.75) is 45.3 Å². The Balaban J connectivity index is 1.67. The zero-order chi connectivity index (χ0) is 15.9. The Bertz CT molecular complexity index is 493. The van der Waals surface area contributed by atoms with Crippen LogP contribution in [0.3, 0.4) is 0 Å². The maximum absolute atomic E-state index is 12.8. The molecule has 3 aliphatic rings. The molecule has 3 aliphatic heterocycles. The lowest BCUT2D eigenvalue weighted by atomic mass is 9.85. The first-order valence-electron chi connectivity index (χ1n) is 8.12. The van der Waals surface area contributed by atoms with Gasteiger partial charge in [0.15, 0.2) is 0 Å². The lowest BCUT2D eigenvalue weighted by molar-refractivity contribution is -0.140. The molecule has 7 heteroatoms. The number of carbonyl (C=O) groups excluding carboxylic acids is 3. The Morgan fingerprint density at radius 3 is 2.82 bits per heavy atom. The maximum Gasteiger partial charge on any atom is 0.322 e. The fraction of sp³-hybridized carbons (Fsp3) is 0.800. The van der Waals surface area contributed by atoms with Crippen LogP contribution in [0.25, 0.3) is 0 Å². The average molecular weight is 308 g/mol. The summed E-state index contributed by atoms with van der Waals surface area (Å²) in [7, 11) is 0. The van der Waals surface area contributed by atoms with Gasteiger partial charge >= 0.3 is 6.03 Å². The molecule has 0 radical (unpaired) electrons. The summed E-state index contributed by atoms with van der Waals surface area (Å²) >= 11 is 0. The van der Waals surface area contributed by atoms with Crippen LogP contribution >= 0.6 is 0 Å². The Hall–Kier alpha value is -1.63. The Kier molecular flexibility index (Phi) is 4.08. The molecule has 0 saturated carbocycles. The zero-order valence-electron chi connectivity index (χ0n) is 13.1. The number of fused-ring (bicyclic) bond motifs is 1. The highest BCUT2D eigenvalue weighted by atomic mass is 16.2. The van der Waals surface area contributed by atoms with E-state index in [2.05, 4.69) is 29.8 Å². The first-order chi connectivity index (χ1) is 10.5. The van der Waals surface area contributed by atoms with Crippen LogP contribution < -0.4 is 16.0 Å². The highest BCUT2D eigenvalue weighted by molar-refractivity contribution is 5.98. The molecule has 0 aliphatic carbocycles. The SMILES string of the molecule is CC(C)C1CCCN1C(=O)C1CNC2NC(=O)NC(=O)C2C1. The van der Waals surface area contributed by atoms with E-state index in [-0.39, 0.29) is 29.8 Å². The highest BCUT2D eigenvalue weighted by Crippen LogP contribution is 2.29. The number of nitrogens with one attached hydrogen (secondary N) is 3. The van der Waals surface area contributed by atoms with Crippen LogP contribution in [0.15, 0.2) is 0 Å². The first kappa shape index (κ1) is 15.3. The summed E-state index contributed by atoms with van der Waals surface area (Å²) in [5.74, 6) is -0.262. The summed E-state index contributed by atoms with van der Waals surface area (Å²) in [6.45, 7) is 5.62. The quantitative estimate of drug-likeness (QED) is 0.671. The molecule has 3 heterocycles. The number of rotatable bonds is 2. The predicted octanol–water partition coefficient (Wildman–Crippen LogP) is 0.0246. The van der Waals surface area contributed by atoms with Gasteiger partial charge in [-0.05, 0) is 25.2 Å². The van der Waals surface area contributed by atoms with E-state index >= 15 is 0 Å². The smallest absolute Gasteiger partial charge is 0.322 e. The van der Waals surface area contributed by atoms with Gasteiger partial charge in [0, 0.05) is 19.1 Å². The number of urea groups is 1. The van der Waals surface area contributed by atoms with Crippen molar-refractivity contribution < 1.29 is 14.4 Å². The number of amides is 4. The van der Waals surface area contributed by atoms with Crippen LogP contribution in [0.2, 0.25) is 0 Å². The van der Waals surface area contributed by atoms with Crippen molar-refractivity contribution in [1.82, 2.24) is 20.9 Å². The third-order valence-corrected chi connectivity index (χ3v) is 5.09. The molecule has 3 rings (SSSR count). The number of hydrogen-bond donors (Lipinski definition) is 3. The molecular weight excluding hydrogens is 284 g/mol. The number of hydrogen-bond acceptors (Lipinski definition) is 4. The van der Waals surface area contributed by atoms with Crippen LogP contribution in [0.4, 0.5) is 4.79 Å². The van der Waals surface area contributed by atoms with Gasteiger partial charge in [0.1, 0.15) is 0 Å². The zero-order valence-corrected chi connectivity index (χ0v) is 13.1. The van der Waals surface area contributed by atoms with Crippen LogP contribution in [0.5, 0.6) is 0 Å². The van der Waals surface area contributed by atoms with Gasteiger partial charge in [-0.3, -0.25) is 20.2 Å². The molecule has 3 N–H and O–H groups in total. The van der Waals surface area contributed by atoms with Crippen LogP contribution in [0.1, 0.15) is 33.1 Å². The molecule has 122 valence electrons. The third-order valence-electron chi connectivity index (χ3n) is 5.09. The molecule has 7 nitrogen and oxygen atoms in total. The summed E-state index contributed by atoms with van der Waals surface area (Å²) in [5.41, 5.74) is 0. The Morgan fingerprint density at radius 1 is 1.32 bits per heavy atom. The maximum atomic E-state index is 12.8. The first-order valence-corrected chi connectivity index (χ1v) is 8.12. The van der Waals surface area contributed by atoms with Gasteiger partial charge in [-0.1, -0.05) is 13.8 Å². The third kappa shape index (κ3) is 2.69. The average Bonchev–Trinajstić information content (AvgIpc) is 2.95. The van der Waals surface area contributed by atoms with E-state index in [4.69, 9.17) is 0 Å². The van der Waals surface area contributed by atoms with Crippen molar-refractivity contribution in [3.63, 3.8) is 0 Å². The van der Waals surface area contributed by atoms with Gasteiger partial charge < -0.3 is 10.2 Å². The summed E-state index contributed by atoms with van der Waals surface area (Å²) in [5, 5.41) is 8.12. The molecule has 4 amide bonds. The topological polar surface area (TPSA) is 90.5 Å². The van der Waals surface area contributed by atoms with E-state index in [1.807, 2.05) is 4.90 Å². The summed E-state index contributed by atoms with van der Waals surface area (Å²) < 4.78 is 0. The molecule has 4 atom stereocenters. The molecule has 3 fully saturated rings. The molecule has 0 bridgehead atoms. The molecule has 0 aromatic heterocycles. The normalized spacial score (nSPS) is 35.1. The largest absolute Gasteiger partial charge is 0.339 e. The molecular formula is C15H24N4O3. The Labute approximate surface area is 130 Å². The van der Waals surface area contributed by atoms with Crippen LogP contribution in [-0.2, 0) is 9.59 Å². The molecule has 22 heavy (non-hydrogen) atoms. The number of piperidine rings is 1. The second-order valence-corrected chi connectivity index (χ2v) is 6.87. The van der Waals surface area contributed by atoms with Gasteiger partial charge in [-0.25, -0.2) is 4.79 Å². The van der Waals surface area contributed by atoms with Crippen molar-refractivity contribution in [3.8, 4) is 0 Å². The second kappa shape index (κ2) is 5.87. The number of nitrogens with zero attached hydrogens (tertiary/aromatic N) is 1. The van der Waals surface area contributed by atoms with E-state index in [1.165, 1.54) is 0 Å². The number of likely N-dealkylation sites (tertiary alicyclic amines) is 1. The second-order valence-electron chi connectivity index (χ2n) is 6.87. The summed E-state index contributed by atoms with van der Waals surface area (Å²) in [4.78, 5) is 38.1. The minimum atomic E-state index is -0.469. The van der Waals surface area contributed by atoms with Crippen LogP contribution in [-0.4, -0.2) is 48.0 Å². The Morgan fingerprint density at radius 2 is 2.09 bits per heavy atom. The molecule has 0 spiro atoms. The van der Waals surface area contributed by atoms with Gasteiger partial charge in [0.25, 0.3) is 0 Å². The summed E-state index contributed by atoms with van der Waals surface area (Å²) in [6, 6.07) is -0.159. The van der Waals surface area contributed by atoms with Gasteiger partial charge in [0.05, 0.1) is 18.0 Å². The molecule has 0 aromatic carbocycles. The van der Waals surface area contributed by atoms with Crippen molar-refractivity contribution in [3.05, 3.63) is 0 Å². The van der Waals surface area contributed by atoms with E-state index in [0.717, 1.165) is 19.4 Å². The van der Waals surface area contributed by atoms with Gasteiger partial charge in [-0.15, -0.1) is 0 Å². The monoisotopic (exact) mass is 308 g/mol. The van der Waals surface area contributed by atoms with E-state index in [9.17, 15) is 14.4 Å². The van der Waals surface area contributed by atoms with Crippen molar-refractivity contribution in [1.29, 1.82) is 0 Å². The number of carbonyl (C=O) groups is 3. The van der Waals surface area contributed by atoms with Crippen LogP contribution in [0, 0.1) is 17.8 Å². The van der Waals surface area contributed by atoms with Crippen molar-refractivity contribution in [2.75, 3.05) is 13.1 Å². The fourth-order valence-corrected chi connectivity index (χ4v) is 3.91. The minimum Gasteiger partial charge on any atom is -0.339 e. The fourth-order valence-electron chi connectivity index (χ4n) is 3.91.